The monoisotopic (exact) mass is 175 g/mol. The molecule has 0 bridgehead atoms. The summed E-state index contributed by atoms with van der Waals surface area (Å²) >= 11 is 5.64. The first-order chi connectivity index (χ1) is 5.18. The Morgan fingerprint density at radius 2 is 1.91 bits per heavy atom. The molecule has 3 heteroatoms. The second-order valence-corrected chi connectivity index (χ2v) is 2.62. The van der Waals surface area contributed by atoms with E-state index in [-0.39, 0.29) is 5.91 Å². The number of hydrogen-bond acceptors (Lipinski definition) is 1. The number of rotatable bonds is 1. The topological polar surface area (TPSA) is 29.1 Å². The molecule has 0 aliphatic carbocycles. The molecule has 1 aromatic rings. The lowest BCUT2D eigenvalue weighted by Gasteiger charge is -1.99. The van der Waals surface area contributed by atoms with Crippen molar-refractivity contribution in [2.45, 2.75) is 6.92 Å². The molecule has 0 atom stereocenters. The first-order valence-electron chi connectivity index (χ1n) is 3.21. The van der Waals surface area contributed by atoms with Crippen molar-refractivity contribution in [1.29, 1.82) is 0 Å². The van der Waals surface area contributed by atoms with E-state index in [2.05, 4.69) is 5.32 Å². The van der Waals surface area contributed by atoms with Gasteiger partial charge in [-0.3, -0.25) is 4.79 Å². The summed E-state index contributed by atoms with van der Waals surface area (Å²) in [6, 6.07) is 6.97. The van der Waals surface area contributed by atoms with E-state index in [0.29, 0.717) is 5.02 Å². The average molecular weight is 176 g/mol. The second kappa shape index (κ2) is 3.39. The maximum atomic E-state index is 10.6. The Bertz CT molecular complexity index is 255. The number of anilines is 1. The summed E-state index contributed by atoms with van der Waals surface area (Å²) in [4.78, 5) is 10.6. The van der Waals surface area contributed by atoms with Crippen LogP contribution in [-0.2, 0) is 4.79 Å². The highest BCUT2D eigenvalue weighted by molar-refractivity contribution is 6.30. The molecule has 0 saturated heterocycles. The maximum Gasteiger partial charge on any atom is 0.221 e. The molecular weight excluding hydrogens is 168 g/mol. The third-order valence-corrected chi connectivity index (χ3v) is 1.42. The molecule has 58 valence electrons. The van der Waals surface area contributed by atoms with Crippen LogP contribution in [0.3, 0.4) is 0 Å². The van der Waals surface area contributed by atoms with Crippen LogP contribution in [0.25, 0.3) is 0 Å². The Labute approximate surface area is 70.2 Å². The number of halogens is 1. The molecule has 0 unspecified atom stereocenters. The minimum absolute atomic E-state index is 0.0766. The van der Waals surface area contributed by atoms with E-state index in [4.69, 9.17) is 11.6 Å². The summed E-state index contributed by atoms with van der Waals surface area (Å²) in [7, 11) is 0. The van der Waals surface area contributed by atoms with Crippen LogP contribution in [0.15, 0.2) is 24.3 Å². The fourth-order valence-electron chi connectivity index (χ4n) is 0.736. The SMILES string of the molecule is CC(=O)N[13c]1[13cH][13cH][13c](Cl)[13cH][13cH]1. The zero-order valence-corrected chi connectivity index (χ0v) is 6.85. The van der Waals surface area contributed by atoms with Crippen molar-refractivity contribution in [3.05, 3.63) is 29.3 Å². The molecule has 11 heavy (non-hydrogen) atoms. The van der Waals surface area contributed by atoms with Gasteiger partial charge in [0.25, 0.3) is 0 Å². The molecule has 0 saturated carbocycles. The number of amides is 1. The van der Waals surface area contributed by atoms with Gasteiger partial charge in [0.15, 0.2) is 0 Å². The Morgan fingerprint density at radius 3 is 2.36 bits per heavy atom. The highest BCUT2D eigenvalue weighted by Gasteiger charge is 1.93. The zero-order valence-electron chi connectivity index (χ0n) is 6.10. The summed E-state index contributed by atoms with van der Waals surface area (Å²) in [5.74, 6) is -0.0766. The third kappa shape index (κ3) is 2.60. The van der Waals surface area contributed by atoms with Gasteiger partial charge >= 0.3 is 0 Å². The maximum absolute atomic E-state index is 10.6. The van der Waals surface area contributed by atoms with Crippen LogP contribution in [0.4, 0.5) is 5.69 Å². The van der Waals surface area contributed by atoms with E-state index in [1.807, 2.05) is 0 Å². The van der Waals surface area contributed by atoms with Crippen molar-refractivity contribution in [3.8, 4) is 0 Å². The normalized spacial score (nSPS) is 9.27. The number of hydrogen-bond donors (Lipinski definition) is 1. The van der Waals surface area contributed by atoms with Gasteiger partial charge in [0, 0.05) is 17.6 Å². The van der Waals surface area contributed by atoms with Crippen LogP contribution in [0.5, 0.6) is 0 Å². The standard InChI is InChI=1S/C8H8ClNO/c1-6(11)10-8-4-2-7(9)3-5-8/h2-5H,1H3,(H,10,11)/i2+1,3+1,4+1,5+1,7+1,8+1. The van der Waals surface area contributed by atoms with E-state index >= 15 is 0 Å². The van der Waals surface area contributed by atoms with Crippen LogP contribution >= 0.6 is 11.6 Å². The molecule has 0 aromatic heterocycles. The van der Waals surface area contributed by atoms with Crippen molar-refractivity contribution in [1.82, 2.24) is 0 Å². The van der Waals surface area contributed by atoms with Gasteiger partial charge in [0.2, 0.25) is 5.91 Å². The number of nitrogens with one attached hydrogen (secondary N) is 1. The van der Waals surface area contributed by atoms with Gasteiger partial charge in [-0.1, -0.05) is 11.6 Å². The molecule has 1 aromatic carbocycles. The fraction of sp³-hybridized carbons (Fsp3) is 0.125. The molecule has 0 radical (unpaired) electrons. The molecular formula is C8H8ClNO. The molecule has 0 spiro atoms. The lowest BCUT2D eigenvalue weighted by atomic mass is 10.7. The summed E-state index contributed by atoms with van der Waals surface area (Å²) in [5, 5.41) is 3.30. The van der Waals surface area contributed by atoms with Crippen LogP contribution in [-0.4, -0.2) is 5.91 Å². The van der Waals surface area contributed by atoms with E-state index in [1.165, 1.54) is 6.92 Å². The molecule has 1 N–H and O–H groups in total. The van der Waals surface area contributed by atoms with Gasteiger partial charge in [-0.25, -0.2) is 0 Å². The van der Waals surface area contributed by atoms with E-state index in [9.17, 15) is 4.79 Å². The molecule has 1 rings (SSSR count). The largest absolute Gasteiger partial charge is 0.326 e. The Kier molecular flexibility index (Phi) is 2.49. The first-order valence-corrected chi connectivity index (χ1v) is 3.59. The summed E-state index contributed by atoms with van der Waals surface area (Å²) in [6.45, 7) is 1.47. The van der Waals surface area contributed by atoms with Crippen molar-refractivity contribution >= 4 is 23.2 Å². The molecule has 2 nitrogen and oxygen atoms in total. The van der Waals surface area contributed by atoms with Gasteiger partial charge in [0.1, 0.15) is 0 Å². The van der Waals surface area contributed by atoms with Crippen LogP contribution < -0.4 is 5.32 Å². The summed E-state index contributed by atoms with van der Waals surface area (Å²) < 4.78 is 0. The van der Waals surface area contributed by atoms with Gasteiger partial charge in [-0.15, -0.1) is 0 Å². The predicted octanol–water partition coefficient (Wildman–Crippen LogP) is 2.30. The minimum Gasteiger partial charge on any atom is -0.326 e. The molecule has 0 fully saturated rings. The highest BCUT2D eigenvalue weighted by atomic mass is 35.5. The average Bonchev–Trinajstić information content (AvgIpc) is 1.93. The van der Waals surface area contributed by atoms with Gasteiger partial charge in [0.05, 0.1) is 0 Å². The van der Waals surface area contributed by atoms with Crippen LogP contribution in [0, 0.1) is 0 Å². The van der Waals surface area contributed by atoms with E-state index in [1.54, 1.807) is 24.3 Å². The molecule has 0 aliphatic rings. The van der Waals surface area contributed by atoms with Gasteiger partial charge < -0.3 is 5.32 Å². The highest BCUT2D eigenvalue weighted by Crippen LogP contribution is 2.12. The Hall–Kier alpha value is -1.02. The number of carbonyl (C=O) groups excluding carboxylic acids is 1. The van der Waals surface area contributed by atoms with Crippen molar-refractivity contribution < 1.29 is 4.79 Å². The van der Waals surface area contributed by atoms with E-state index in [0.717, 1.165) is 5.69 Å². The smallest absolute Gasteiger partial charge is 0.221 e. The molecule has 0 aliphatic heterocycles. The minimum atomic E-state index is -0.0766. The lowest BCUT2D eigenvalue weighted by Crippen LogP contribution is -2.04. The lowest BCUT2D eigenvalue weighted by molar-refractivity contribution is -0.114. The Morgan fingerprint density at radius 1 is 1.36 bits per heavy atom. The first kappa shape index (κ1) is 8.08. The zero-order chi connectivity index (χ0) is 8.27. The molecule has 0 heterocycles. The van der Waals surface area contributed by atoms with Gasteiger partial charge in [-0.05, 0) is 24.3 Å². The summed E-state index contributed by atoms with van der Waals surface area (Å²) in [5.41, 5.74) is 0.766. The summed E-state index contributed by atoms with van der Waals surface area (Å²) in [6.07, 6.45) is 0. The van der Waals surface area contributed by atoms with Crippen molar-refractivity contribution in [2.24, 2.45) is 0 Å². The number of benzene rings is 1. The predicted molar refractivity (Wildman–Crippen MR) is 45.8 cm³/mol. The van der Waals surface area contributed by atoms with E-state index < -0.39 is 0 Å². The van der Waals surface area contributed by atoms with Crippen LogP contribution in [0.1, 0.15) is 6.92 Å². The third-order valence-electron chi connectivity index (χ3n) is 1.16. The second-order valence-electron chi connectivity index (χ2n) is 2.19. The Balaban J connectivity index is 2.74. The fourth-order valence-corrected chi connectivity index (χ4v) is 0.862. The van der Waals surface area contributed by atoms with Crippen molar-refractivity contribution in [2.75, 3.05) is 5.32 Å². The number of carbonyl (C=O) groups is 1. The molecule has 1 amide bonds. The quantitative estimate of drug-likeness (QED) is 0.697. The van der Waals surface area contributed by atoms with Crippen molar-refractivity contribution in [3.63, 3.8) is 0 Å². The van der Waals surface area contributed by atoms with Gasteiger partial charge in [-0.2, -0.15) is 0 Å². The van der Waals surface area contributed by atoms with Crippen LogP contribution in [0.2, 0.25) is 5.02 Å².